The molecule has 0 aromatic carbocycles. The molecule has 0 unspecified atom stereocenters. The zero-order valence-electron chi connectivity index (χ0n) is 13.6. The molecule has 4 heterocycles. The van der Waals surface area contributed by atoms with Gasteiger partial charge in [0.25, 0.3) is 5.56 Å². The van der Waals surface area contributed by atoms with E-state index in [4.69, 9.17) is 11.6 Å². The number of hydrogen-bond acceptors (Lipinski definition) is 6. The number of H-pyrrole nitrogens is 1. The SMILES string of the molecule is Cc1nc(N2CCCC2)ncc1-c1cc(=O)n(-c2ccc(Cl)nn2)[nH]1. The van der Waals surface area contributed by atoms with Crippen molar-refractivity contribution in [2.45, 2.75) is 19.8 Å². The van der Waals surface area contributed by atoms with Crippen LogP contribution in [0.25, 0.3) is 17.1 Å². The lowest BCUT2D eigenvalue weighted by Gasteiger charge is -2.15. The number of aryl methyl sites for hydroxylation is 1. The predicted molar refractivity (Wildman–Crippen MR) is 94.2 cm³/mol. The summed E-state index contributed by atoms with van der Waals surface area (Å²) in [4.78, 5) is 23.5. The van der Waals surface area contributed by atoms with Gasteiger partial charge in [0.2, 0.25) is 5.95 Å². The van der Waals surface area contributed by atoms with E-state index >= 15 is 0 Å². The molecule has 25 heavy (non-hydrogen) atoms. The van der Waals surface area contributed by atoms with Crippen LogP contribution in [-0.2, 0) is 0 Å². The van der Waals surface area contributed by atoms with E-state index in [2.05, 4.69) is 30.2 Å². The second kappa shape index (κ2) is 6.29. The molecule has 1 N–H and O–H groups in total. The van der Waals surface area contributed by atoms with Gasteiger partial charge in [-0.2, -0.15) is 4.68 Å². The molecule has 0 amide bonds. The molecule has 1 saturated heterocycles. The van der Waals surface area contributed by atoms with Gasteiger partial charge in [-0.25, -0.2) is 9.97 Å². The number of halogens is 1. The Kier molecular flexibility index (Phi) is 3.96. The van der Waals surface area contributed by atoms with Crippen molar-refractivity contribution in [2.75, 3.05) is 18.0 Å². The van der Waals surface area contributed by atoms with Crippen LogP contribution in [0.15, 0.2) is 29.2 Å². The number of nitrogens with one attached hydrogen (secondary N) is 1. The van der Waals surface area contributed by atoms with Gasteiger partial charge in [-0.3, -0.25) is 9.89 Å². The highest BCUT2D eigenvalue weighted by Gasteiger charge is 2.17. The van der Waals surface area contributed by atoms with Gasteiger partial charge in [-0.05, 0) is 31.9 Å². The third kappa shape index (κ3) is 3.00. The molecule has 4 rings (SSSR count). The summed E-state index contributed by atoms with van der Waals surface area (Å²) < 4.78 is 1.31. The van der Waals surface area contributed by atoms with Crippen molar-refractivity contribution in [2.24, 2.45) is 0 Å². The lowest BCUT2D eigenvalue weighted by Crippen LogP contribution is -2.20. The van der Waals surface area contributed by atoms with E-state index < -0.39 is 0 Å². The number of anilines is 1. The fourth-order valence-corrected chi connectivity index (χ4v) is 3.02. The largest absolute Gasteiger partial charge is 0.341 e. The van der Waals surface area contributed by atoms with Crippen molar-refractivity contribution in [3.05, 3.63) is 45.6 Å². The molecular weight excluding hydrogens is 342 g/mol. The van der Waals surface area contributed by atoms with Crippen molar-refractivity contribution >= 4 is 17.5 Å². The number of aromatic amines is 1. The molecular formula is C16H16ClN7O. The molecule has 3 aromatic rings. The topological polar surface area (TPSA) is 92.6 Å². The summed E-state index contributed by atoms with van der Waals surface area (Å²) in [6, 6.07) is 4.70. The third-order valence-electron chi connectivity index (χ3n) is 4.21. The van der Waals surface area contributed by atoms with Crippen LogP contribution < -0.4 is 10.5 Å². The van der Waals surface area contributed by atoms with Crippen LogP contribution in [0.1, 0.15) is 18.5 Å². The summed E-state index contributed by atoms with van der Waals surface area (Å²) in [5.74, 6) is 1.11. The second-order valence-corrected chi connectivity index (χ2v) is 6.31. The lowest BCUT2D eigenvalue weighted by molar-refractivity contribution is 0.793. The molecule has 8 nitrogen and oxygen atoms in total. The smallest absolute Gasteiger partial charge is 0.273 e. The van der Waals surface area contributed by atoms with Crippen molar-refractivity contribution in [1.29, 1.82) is 0 Å². The Labute approximate surface area is 148 Å². The van der Waals surface area contributed by atoms with E-state index in [1.54, 1.807) is 18.3 Å². The van der Waals surface area contributed by atoms with Crippen LogP contribution >= 0.6 is 11.6 Å². The minimum Gasteiger partial charge on any atom is -0.341 e. The first kappa shape index (κ1) is 15.8. The molecule has 0 aliphatic carbocycles. The molecule has 1 aliphatic heterocycles. The molecule has 0 atom stereocenters. The fourth-order valence-electron chi connectivity index (χ4n) is 2.92. The van der Waals surface area contributed by atoms with Gasteiger partial charge in [0.1, 0.15) is 0 Å². The minimum atomic E-state index is -0.241. The molecule has 0 radical (unpaired) electrons. The first-order chi connectivity index (χ1) is 12.1. The first-order valence-electron chi connectivity index (χ1n) is 8.02. The summed E-state index contributed by atoms with van der Waals surface area (Å²) in [5, 5.41) is 11.0. The van der Waals surface area contributed by atoms with Gasteiger partial charge in [0.15, 0.2) is 11.0 Å². The summed E-state index contributed by atoms with van der Waals surface area (Å²) in [6.45, 7) is 3.89. The van der Waals surface area contributed by atoms with Crippen molar-refractivity contribution in [1.82, 2.24) is 29.9 Å². The van der Waals surface area contributed by atoms with Crippen LogP contribution in [0.5, 0.6) is 0 Å². The Morgan fingerprint density at radius 1 is 1.20 bits per heavy atom. The lowest BCUT2D eigenvalue weighted by atomic mass is 10.2. The zero-order chi connectivity index (χ0) is 17.4. The Bertz CT molecular complexity index is 957. The van der Waals surface area contributed by atoms with E-state index in [-0.39, 0.29) is 10.7 Å². The predicted octanol–water partition coefficient (Wildman–Crippen LogP) is 1.97. The summed E-state index contributed by atoms with van der Waals surface area (Å²) in [6.07, 6.45) is 4.09. The van der Waals surface area contributed by atoms with Crippen LogP contribution in [0, 0.1) is 6.92 Å². The number of aromatic nitrogens is 6. The maximum atomic E-state index is 12.3. The third-order valence-corrected chi connectivity index (χ3v) is 4.41. The fraction of sp³-hybridized carbons (Fsp3) is 0.312. The minimum absolute atomic E-state index is 0.241. The maximum absolute atomic E-state index is 12.3. The molecule has 1 fully saturated rings. The van der Waals surface area contributed by atoms with E-state index in [1.807, 2.05) is 6.92 Å². The van der Waals surface area contributed by atoms with Gasteiger partial charge >= 0.3 is 0 Å². The van der Waals surface area contributed by atoms with Gasteiger partial charge < -0.3 is 4.90 Å². The Balaban J connectivity index is 1.69. The highest BCUT2D eigenvalue weighted by atomic mass is 35.5. The second-order valence-electron chi connectivity index (χ2n) is 5.92. The normalized spacial score (nSPS) is 14.2. The average molecular weight is 358 g/mol. The Morgan fingerprint density at radius 3 is 2.68 bits per heavy atom. The van der Waals surface area contributed by atoms with Crippen molar-refractivity contribution < 1.29 is 0 Å². The van der Waals surface area contributed by atoms with E-state index in [0.29, 0.717) is 11.5 Å². The molecule has 0 saturated carbocycles. The van der Waals surface area contributed by atoms with Crippen molar-refractivity contribution in [3.8, 4) is 17.1 Å². The highest BCUT2D eigenvalue weighted by molar-refractivity contribution is 6.29. The number of nitrogens with zero attached hydrogens (tertiary/aromatic N) is 6. The first-order valence-corrected chi connectivity index (χ1v) is 8.40. The Hall–Kier alpha value is -2.74. The van der Waals surface area contributed by atoms with E-state index in [0.717, 1.165) is 30.3 Å². The monoisotopic (exact) mass is 357 g/mol. The summed E-state index contributed by atoms with van der Waals surface area (Å²) >= 11 is 5.74. The molecule has 3 aromatic heterocycles. The van der Waals surface area contributed by atoms with Gasteiger partial charge in [-0.1, -0.05) is 11.6 Å². The molecule has 0 bridgehead atoms. The van der Waals surface area contributed by atoms with Gasteiger partial charge in [-0.15, -0.1) is 10.2 Å². The molecule has 0 spiro atoms. The quantitative estimate of drug-likeness (QED) is 0.770. The molecule has 128 valence electrons. The summed E-state index contributed by atoms with van der Waals surface area (Å²) in [7, 11) is 0. The maximum Gasteiger partial charge on any atom is 0.273 e. The number of hydrogen-bond donors (Lipinski definition) is 1. The standard InChI is InChI=1S/C16H16ClN7O/c1-10-11(9-18-16(19-10)23-6-2-3-7-23)12-8-15(25)24(22-12)14-5-4-13(17)20-21-14/h4-5,8-9,22H,2-3,6-7H2,1H3. The van der Waals surface area contributed by atoms with Crippen LogP contribution in [0.4, 0.5) is 5.95 Å². The molecule has 9 heteroatoms. The van der Waals surface area contributed by atoms with Gasteiger partial charge in [0, 0.05) is 30.9 Å². The van der Waals surface area contributed by atoms with Crippen LogP contribution in [0.2, 0.25) is 5.15 Å². The molecule has 1 aliphatic rings. The van der Waals surface area contributed by atoms with Crippen molar-refractivity contribution in [3.63, 3.8) is 0 Å². The van der Waals surface area contributed by atoms with E-state index in [1.165, 1.54) is 23.6 Å². The zero-order valence-corrected chi connectivity index (χ0v) is 14.4. The van der Waals surface area contributed by atoms with Gasteiger partial charge in [0.05, 0.1) is 11.4 Å². The average Bonchev–Trinajstić information content (AvgIpc) is 3.25. The Morgan fingerprint density at radius 2 is 2.00 bits per heavy atom. The summed E-state index contributed by atoms with van der Waals surface area (Å²) in [5.41, 5.74) is 1.98. The highest BCUT2D eigenvalue weighted by Crippen LogP contribution is 2.22. The number of rotatable bonds is 3. The van der Waals surface area contributed by atoms with E-state index in [9.17, 15) is 4.79 Å². The van der Waals surface area contributed by atoms with Crippen LogP contribution in [0.3, 0.4) is 0 Å². The van der Waals surface area contributed by atoms with Crippen LogP contribution in [-0.4, -0.2) is 43.0 Å².